The summed E-state index contributed by atoms with van der Waals surface area (Å²) in [4.78, 5) is 0. The van der Waals surface area contributed by atoms with Crippen molar-refractivity contribution in [2.24, 2.45) is 11.7 Å². The van der Waals surface area contributed by atoms with E-state index in [1.807, 2.05) is 12.1 Å². The van der Waals surface area contributed by atoms with E-state index < -0.39 is 0 Å². The van der Waals surface area contributed by atoms with Crippen LogP contribution in [0.15, 0.2) is 24.3 Å². The van der Waals surface area contributed by atoms with Gasteiger partial charge in [0.2, 0.25) is 0 Å². The molecule has 1 aromatic carbocycles. The molecule has 3 N–H and O–H groups in total. The van der Waals surface area contributed by atoms with Gasteiger partial charge in [-0.1, -0.05) is 18.2 Å². The van der Waals surface area contributed by atoms with E-state index >= 15 is 0 Å². The summed E-state index contributed by atoms with van der Waals surface area (Å²) in [5.41, 5.74) is 6.94. The highest BCUT2D eigenvalue weighted by Gasteiger charge is 2.22. The quantitative estimate of drug-likeness (QED) is 0.815. The number of para-hydroxylation sites is 1. The fourth-order valence-corrected chi connectivity index (χ4v) is 2.34. The van der Waals surface area contributed by atoms with Crippen LogP contribution >= 0.6 is 0 Å². The van der Waals surface area contributed by atoms with E-state index in [0.717, 1.165) is 25.3 Å². The van der Waals surface area contributed by atoms with Gasteiger partial charge in [-0.3, -0.25) is 0 Å². The molecule has 0 aromatic heterocycles. The van der Waals surface area contributed by atoms with E-state index in [1.54, 1.807) is 7.11 Å². The third-order valence-electron chi connectivity index (χ3n) is 3.36. The van der Waals surface area contributed by atoms with E-state index in [2.05, 4.69) is 17.4 Å². The van der Waals surface area contributed by atoms with Gasteiger partial charge in [0, 0.05) is 11.6 Å². The molecular weight excluding hydrogens is 200 g/mol. The lowest BCUT2D eigenvalue weighted by molar-refractivity contribution is 0.311. The Bertz CT molecular complexity index is 332. The smallest absolute Gasteiger partial charge is 0.123 e. The van der Waals surface area contributed by atoms with Crippen molar-refractivity contribution in [2.75, 3.05) is 20.2 Å². The largest absolute Gasteiger partial charge is 0.496 e. The molecule has 1 aliphatic heterocycles. The van der Waals surface area contributed by atoms with E-state index in [0.29, 0.717) is 12.0 Å². The van der Waals surface area contributed by atoms with Gasteiger partial charge in [0.1, 0.15) is 5.75 Å². The maximum atomic E-state index is 5.68. The Morgan fingerprint density at radius 3 is 2.81 bits per heavy atom. The molecule has 16 heavy (non-hydrogen) atoms. The molecule has 2 rings (SSSR count). The first-order valence-corrected chi connectivity index (χ1v) is 5.91. The summed E-state index contributed by atoms with van der Waals surface area (Å²) >= 11 is 0. The average Bonchev–Trinajstić information content (AvgIpc) is 2.39. The van der Waals surface area contributed by atoms with E-state index in [1.165, 1.54) is 12.0 Å². The highest BCUT2D eigenvalue weighted by molar-refractivity contribution is 5.36. The third-order valence-corrected chi connectivity index (χ3v) is 3.36. The molecule has 3 nitrogen and oxygen atoms in total. The Morgan fingerprint density at radius 2 is 2.19 bits per heavy atom. The molecule has 0 bridgehead atoms. The van der Waals surface area contributed by atoms with E-state index in [-0.39, 0.29) is 0 Å². The number of benzene rings is 1. The van der Waals surface area contributed by atoms with Crippen molar-refractivity contribution in [1.82, 2.24) is 5.32 Å². The summed E-state index contributed by atoms with van der Waals surface area (Å²) in [6.45, 7) is 1.80. The van der Waals surface area contributed by atoms with Crippen LogP contribution in [-0.4, -0.2) is 20.2 Å². The Kier molecular flexibility index (Phi) is 3.80. The molecule has 1 aliphatic rings. The molecule has 1 saturated heterocycles. The minimum absolute atomic E-state index is 0.416. The zero-order valence-electron chi connectivity index (χ0n) is 9.78. The van der Waals surface area contributed by atoms with Crippen LogP contribution in [0.25, 0.3) is 0 Å². The van der Waals surface area contributed by atoms with Crippen LogP contribution in [0.2, 0.25) is 0 Å². The Morgan fingerprint density at radius 1 is 1.38 bits per heavy atom. The first-order chi connectivity index (χ1) is 7.85. The Hall–Kier alpha value is -1.06. The zero-order valence-corrected chi connectivity index (χ0v) is 9.78. The SMILES string of the molecule is COc1ccccc1C1CCC(CN)CN1. The van der Waals surface area contributed by atoms with Crippen molar-refractivity contribution < 1.29 is 4.74 Å². The van der Waals surface area contributed by atoms with Gasteiger partial charge in [-0.25, -0.2) is 0 Å². The zero-order chi connectivity index (χ0) is 11.4. The number of ether oxygens (including phenoxy) is 1. The van der Waals surface area contributed by atoms with Gasteiger partial charge in [0.25, 0.3) is 0 Å². The van der Waals surface area contributed by atoms with Crippen LogP contribution in [0, 0.1) is 5.92 Å². The predicted molar refractivity (Wildman–Crippen MR) is 65.5 cm³/mol. The molecule has 0 amide bonds. The molecular formula is C13H20N2O. The minimum Gasteiger partial charge on any atom is -0.496 e. The number of rotatable bonds is 3. The van der Waals surface area contributed by atoms with Gasteiger partial charge in [0.15, 0.2) is 0 Å². The second-order valence-electron chi connectivity index (χ2n) is 4.38. The van der Waals surface area contributed by atoms with Gasteiger partial charge in [-0.15, -0.1) is 0 Å². The first kappa shape index (κ1) is 11.4. The number of nitrogens with two attached hydrogens (primary N) is 1. The number of methoxy groups -OCH3 is 1. The lowest BCUT2D eigenvalue weighted by Gasteiger charge is -2.30. The van der Waals surface area contributed by atoms with Crippen LogP contribution in [0.1, 0.15) is 24.4 Å². The highest BCUT2D eigenvalue weighted by Crippen LogP contribution is 2.31. The van der Waals surface area contributed by atoms with Crippen LogP contribution in [0.5, 0.6) is 5.75 Å². The molecule has 2 atom stereocenters. The second kappa shape index (κ2) is 5.32. The van der Waals surface area contributed by atoms with Crippen molar-refractivity contribution in [3.63, 3.8) is 0 Å². The number of hydrogen-bond donors (Lipinski definition) is 2. The topological polar surface area (TPSA) is 47.3 Å². The summed E-state index contributed by atoms with van der Waals surface area (Å²) in [6, 6.07) is 8.65. The highest BCUT2D eigenvalue weighted by atomic mass is 16.5. The predicted octanol–water partition coefficient (Wildman–Crippen LogP) is 1.69. The summed E-state index contributed by atoms with van der Waals surface area (Å²) in [5, 5.41) is 3.55. The molecule has 1 fully saturated rings. The van der Waals surface area contributed by atoms with Gasteiger partial charge >= 0.3 is 0 Å². The van der Waals surface area contributed by atoms with Crippen LogP contribution < -0.4 is 15.8 Å². The van der Waals surface area contributed by atoms with Crippen molar-refractivity contribution in [3.05, 3.63) is 29.8 Å². The van der Waals surface area contributed by atoms with Crippen molar-refractivity contribution >= 4 is 0 Å². The van der Waals surface area contributed by atoms with Gasteiger partial charge < -0.3 is 15.8 Å². The monoisotopic (exact) mass is 220 g/mol. The Labute approximate surface area is 97.0 Å². The van der Waals surface area contributed by atoms with Gasteiger partial charge in [-0.2, -0.15) is 0 Å². The summed E-state index contributed by atoms with van der Waals surface area (Å²) in [6.07, 6.45) is 2.34. The lowest BCUT2D eigenvalue weighted by Crippen LogP contribution is -2.36. The molecule has 3 heteroatoms. The van der Waals surface area contributed by atoms with E-state index in [4.69, 9.17) is 10.5 Å². The summed E-state index contributed by atoms with van der Waals surface area (Å²) < 4.78 is 5.39. The van der Waals surface area contributed by atoms with Crippen molar-refractivity contribution in [1.29, 1.82) is 0 Å². The average molecular weight is 220 g/mol. The van der Waals surface area contributed by atoms with Crippen LogP contribution in [0.4, 0.5) is 0 Å². The second-order valence-corrected chi connectivity index (χ2v) is 4.38. The number of piperidine rings is 1. The maximum Gasteiger partial charge on any atom is 0.123 e. The van der Waals surface area contributed by atoms with Crippen LogP contribution in [-0.2, 0) is 0 Å². The van der Waals surface area contributed by atoms with Gasteiger partial charge in [-0.05, 0) is 37.9 Å². The lowest BCUT2D eigenvalue weighted by atomic mass is 9.91. The van der Waals surface area contributed by atoms with Gasteiger partial charge in [0.05, 0.1) is 7.11 Å². The van der Waals surface area contributed by atoms with Crippen molar-refractivity contribution in [3.8, 4) is 5.75 Å². The van der Waals surface area contributed by atoms with Crippen LogP contribution in [0.3, 0.4) is 0 Å². The fourth-order valence-electron chi connectivity index (χ4n) is 2.34. The summed E-state index contributed by atoms with van der Waals surface area (Å²) in [5.74, 6) is 1.61. The Balaban J connectivity index is 2.07. The number of hydrogen-bond acceptors (Lipinski definition) is 3. The number of nitrogens with one attached hydrogen (secondary N) is 1. The van der Waals surface area contributed by atoms with E-state index in [9.17, 15) is 0 Å². The maximum absolute atomic E-state index is 5.68. The third kappa shape index (κ3) is 2.36. The first-order valence-electron chi connectivity index (χ1n) is 5.91. The molecule has 88 valence electrons. The van der Waals surface area contributed by atoms with Crippen molar-refractivity contribution in [2.45, 2.75) is 18.9 Å². The fraction of sp³-hybridized carbons (Fsp3) is 0.538. The molecule has 0 radical (unpaired) electrons. The molecule has 1 heterocycles. The normalized spacial score (nSPS) is 25.4. The summed E-state index contributed by atoms with van der Waals surface area (Å²) in [7, 11) is 1.73. The molecule has 0 saturated carbocycles. The minimum atomic E-state index is 0.416. The molecule has 1 aromatic rings. The molecule has 0 spiro atoms. The molecule has 0 aliphatic carbocycles. The standard InChI is InChI=1S/C13H20N2O/c1-16-13-5-3-2-4-11(13)12-7-6-10(8-14)9-15-12/h2-5,10,12,15H,6-9,14H2,1H3. The molecule has 2 unspecified atom stereocenters.